The van der Waals surface area contributed by atoms with E-state index in [1.807, 2.05) is 0 Å². The summed E-state index contributed by atoms with van der Waals surface area (Å²) in [7, 11) is 0. The van der Waals surface area contributed by atoms with Crippen LogP contribution in [0.1, 0.15) is 5.56 Å². The van der Waals surface area contributed by atoms with Crippen LogP contribution in [0.3, 0.4) is 0 Å². The Bertz CT molecular complexity index is 439. The van der Waals surface area contributed by atoms with E-state index in [0.717, 1.165) is 5.56 Å². The Balaban J connectivity index is 2.30. The zero-order chi connectivity index (χ0) is 12.6. The van der Waals surface area contributed by atoms with E-state index in [1.165, 1.54) is 12.1 Å². The van der Waals surface area contributed by atoms with Crippen LogP contribution in [0.15, 0.2) is 18.2 Å². The minimum atomic E-state index is -0.797. The molecule has 17 heavy (non-hydrogen) atoms. The maximum Gasteiger partial charge on any atom is 0.271 e. The van der Waals surface area contributed by atoms with Gasteiger partial charge in [0.25, 0.3) is 5.69 Å². The largest absolute Gasteiger partial charge is 0.389 e. The van der Waals surface area contributed by atoms with E-state index in [9.17, 15) is 20.3 Å². The standard InChI is InChI=1S/C11H14N2O4/c1-7-2-8(4-9(3-7)13(16)17)12-5-10(14)11(15)6-12/h2-4,10-11,14-15H,5-6H2,1H3. The fourth-order valence-corrected chi connectivity index (χ4v) is 2.01. The second-order valence-electron chi connectivity index (χ2n) is 4.32. The SMILES string of the molecule is Cc1cc(N2CC(O)C(O)C2)cc([N+](=O)[O-])c1. The van der Waals surface area contributed by atoms with Gasteiger partial charge in [0.1, 0.15) is 0 Å². The highest BCUT2D eigenvalue weighted by Crippen LogP contribution is 2.26. The number of aliphatic hydroxyl groups is 2. The summed E-state index contributed by atoms with van der Waals surface area (Å²) in [6.07, 6.45) is -1.59. The average molecular weight is 238 g/mol. The van der Waals surface area contributed by atoms with Crippen molar-refractivity contribution in [2.45, 2.75) is 19.1 Å². The molecule has 0 radical (unpaired) electrons. The molecule has 0 saturated carbocycles. The number of nitro groups is 1. The van der Waals surface area contributed by atoms with Crippen molar-refractivity contribution in [1.82, 2.24) is 0 Å². The Morgan fingerprint density at radius 3 is 2.41 bits per heavy atom. The zero-order valence-corrected chi connectivity index (χ0v) is 9.41. The van der Waals surface area contributed by atoms with Crippen LogP contribution < -0.4 is 4.90 Å². The first-order valence-electron chi connectivity index (χ1n) is 5.34. The molecular weight excluding hydrogens is 224 g/mol. The van der Waals surface area contributed by atoms with Gasteiger partial charge in [-0.05, 0) is 18.6 Å². The third kappa shape index (κ3) is 2.37. The number of benzene rings is 1. The summed E-state index contributed by atoms with van der Waals surface area (Å²) in [4.78, 5) is 12.0. The number of hydrogen-bond acceptors (Lipinski definition) is 5. The molecule has 92 valence electrons. The summed E-state index contributed by atoms with van der Waals surface area (Å²) in [5.74, 6) is 0. The van der Waals surface area contributed by atoms with E-state index in [1.54, 1.807) is 17.9 Å². The number of non-ortho nitro benzene ring substituents is 1. The third-order valence-corrected chi connectivity index (χ3v) is 2.88. The summed E-state index contributed by atoms with van der Waals surface area (Å²) in [5.41, 5.74) is 1.47. The number of aryl methyl sites for hydroxylation is 1. The van der Waals surface area contributed by atoms with Gasteiger partial charge in [0.15, 0.2) is 0 Å². The molecule has 0 amide bonds. The normalized spacial score (nSPS) is 24.1. The van der Waals surface area contributed by atoms with Crippen molar-refractivity contribution in [1.29, 1.82) is 0 Å². The lowest BCUT2D eigenvalue weighted by atomic mass is 10.2. The van der Waals surface area contributed by atoms with Gasteiger partial charge in [-0.3, -0.25) is 10.1 Å². The molecule has 6 heteroatoms. The minimum absolute atomic E-state index is 0.0240. The Morgan fingerprint density at radius 2 is 1.88 bits per heavy atom. The van der Waals surface area contributed by atoms with Gasteiger partial charge in [-0.2, -0.15) is 0 Å². The highest BCUT2D eigenvalue weighted by molar-refractivity contribution is 5.56. The van der Waals surface area contributed by atoms with Gasteiger partial charge in [-0.25, -0.2) is 0 Å². The van der Waals surface area contributed by atoms with Gasteiger partial charge in [0.05, 0.1) is 17.1 Å². The minimum Gasteiger partial charge on any atom is -0.389 e. The first-order valence-corrected chi connectivity index (χ1v) is 5.34. The van der Waals surface area contributed by atoms with Crippen LogP contribution in [-0.2, 0) is 0 Å². The number of nitrogens with zero attached hydrogens (tertiary/aromatic N) is 2. The van der Waals surface area contributed by atoms with Crippen molar-refractivity contribution in [2.75, 3.05) is 18.0 Å². The van der Waals surface area contributed by atoms with Crippen LogP contribution in [0, 0.1) is 17.0 Å². The Hall–Kier alpha value is -1.66. The maximum absolute atomic E-state index is 10.7. The molecule has 2 atom stereocenters. The summed E-state index contributed by atoms with van der Waals surface area (Å²) < 4.78 is 0. The molecule has 2 unspecified atom stereocenters. The lowest BCUT2D eigenvalue weighted by Gasteiger charge is -2.17. The smallest absolute Gasteiger partial charge is 0.271 e. The molecule has 1 aliphatic heterocycles. The van der Waals surface area contributed by atoms with Crippen molar-refractivity contribution in [3.8, 4) is 0 Å². The molecule has 1 aliphatic rings. The van der Waals surface area contributed by atoms with Crippen molar-refractivity contribution in [3.63, 3.8) is 0 Å². The van der Waals surface area contributed by atoms with E-state index in [4.69, 9.17) is 0 Å². The van der Waals surface area contributed by atoms with Crippen molar-refractivity contribution in [2.24, 2.45) is 0 Å². The van der Waals surface area contributed by atoms with Crippen molar-refractivity contribution < 1.29 is 15.1 Å². The highest BCUT2D eigenvalue weighted by atomic mass is 16.6. The van der Waals surface area contributed by atoms with Crippen LogP contribution in [0.4, 0.5) is 11.4 Å². The molecule has 0 bridgehead atoms. The summed E-state index contributed by atoms with van der Waals surface area (Å²) >= 11 is 0. The average Bonchev–Trinajstić information content (AvgIpc) is 2.58. The monoisotopic (exact) mass is 238 g/mol. The van der Waals surface area contributed by atoms with E-state index in [2.05, 4.69) is 0 Å². The quantitative estimate of drug-likeness (QED) is 0.577. The molecule has 6 nitrogen and oxygen atoms in total. The van der Waals surface area contributed by atoms with Crippen LogP contribution in [0.5, 0.6) is 0 Å². The number of anilines is 1. The molecular formula is C11H14N2O4. The lowest BCUT2D eigenvalue weighted by molar-refractivity contribution is -0.384. The molecule has 0 aliphatic carbocycles. The number of β-amino-alcohol motifs (C(OH)–C–C–N with tert-alkyl or cyclic N) is 2. The number of nitro benzene ring substituents is 1. The van der Waals surface area contributed by atoms with E-state index < -0.39 is 17.1 Å². The lowest BCUT2D eigenvalue weighted by Crippen LogP contribution is -2.22. The number of hydrogen-bond donors (Lipinski definition) is 2. The molecule has 1 saturated heterocycles. The fraction of sp³-hybridized carbons (Fsp3) is 0.455. The molecule has 1 aromatic carbocycles. The topological polar surface area (TPSA) is 86.8 Å². The van der Waals surface area contributed by atoms with Crippen molar-refractivity contribution in [3.05, 3.63) is 33.9 Å². The number of rotatable bonds is 2. The molecule has 1 aromatic rings. The Morgan fingerprint density at radius 1 is 1.29 bits per heavy atom. The van der Waals surface area contributed by atoms with Gasteiger partial charge >= 0.3 is 0 Å². The predicted molar refractivity (Wildman–Crippen MR) is 62.1 cm³/mol. The molecule has 2 N–H and O–H groups in total. The molecule has 1 heterocycles. The van der Waals surface area contributed by atoms with Gasteiger partial charge < -0.3 is 15.1 Å². The summed E-state index contributed by atoms with van der Waals surface area (Å²) in [6.45, 7) is 2.36. The fourth-order valence-electron chi connectivity index (χ4n) is 2.01. The molecule has 0 aromatic heterocycles. The van der Waals surface area contributed by atoms with Gasteiger partial charge in [-0.15, -0.1) is 0 Å². The Labute approximate surface area is 98.3 Å². The first kappa shape index (κ1) is 11.8. The van der Waals surface area contributed by atoms with Crippen LogP contribution in [0.25, 0.3) is 0 Å². The van der Waals surface area contributed by atoms with Crippen molar-refractivity contribution >= 4 is 11.4 Å². The van der Waals surface area contributed by atoms with Gasteiger partial charge in [0, 0.05) is 30.9 Å². The maximum atomic E-state index is 10.7. The summed E-state index contributed by atoms with van der Waals surface area (Å²) in [6, 6.07) is 4.75. The molecule has 2 rings (SSSR count). The van der Waals surface area contributed by atoms with Crippen LogP contribution in [0.2, 0.25) is 0 Å². The van der Waals surface area contributed by atoms with Gasteiger partial charge in [-0.1, -0.05) is 0 Å². The summed E-state index contributed by atoms with van der Waals surface area (Å²) in [5, 5.41) is 29.6. The second kappa shape index (κ2) is 4.31. The zero-order valence-electron chi connectivity index (χ0n) is 9.41. The predicted octanol–water partition coefficient (Wildman–Crippen LogP) is 0.445. The Kier molecular flexibility index (Phi) is 2.99. The first-order chi connectivity index (χ1) is 7.97. The second-order valence-corrected chi connectivity index (χ2v) is 4.32. The number of aliphatic hydroxyl groups excluding tert-OH is 2. The van der Waals surface area contributed by atoms with Gasteiger partial charge in [0.2, 0.25) is 0 Å². The third-order valence-electron chi connectivity index (χ3n) is 2.88. The van der Waals surface area contributed by atoms with E-state index >= 15 is 0 Å². The highest BCUT2D eigenvalue weighted by Gasteiger charge is 2.30. The van der Waals surface area contributed by atoms with E-state index in [0.29, 0.717) is 18.8 Å². The van der Waals surface area contributed by atoms with Crippen LogP contribution in [-0.4, -0.2) is 40.4 Å². The van der Waals surface area contributed by atoms with E-state index in [-0.39, 0.29) is 5.69 Å². The molecule has 0 spiro atoms. The molecule has 1 fully saturated rings. The van der Waals surface area contributed by atoms with Crippen LogP contribution >= 0.6 is 0 Å².